The standard InChI is InChI=1S/C11H9F2NO4/c12-10(13)2-1-7-18-11(15)8-3-5-9(6-4-8)14(16)17/h2-6H,1,7H2. The molecule has 1 aromatic rings. The Balaban J connectivity index is 2.52. The summed E-state index contributed by atoms with van der Waals surface area (Å²) >= 11 is 0. The van der Waals surface area contributed by atoms with Crippen LogP contribution in [0.15, 0.2) is 36.4 Å². The smallest absolute Gasteiger partial charge is 0.338 e. The molecular weight excluding hydrogens is 248 g/mol. The van der Waals surface area contributed by atoms with E-state index < -0.39 is 17.0 Å². The van der Waals surface area contributed by atoms with Crippen LogP contribution in [0.5, 0.6) is 0 Å². The Kier molecular flexibility index (Phi) is 4.91. The lowest BCUT2D eigenvalue weighted by atomic mass is 10.2. The molecule has 1 aromatic carbocycles. The van der Waals surface area contributed by atoms with Crippen LogP contribution in [-0.2, 0) is 4.74 Å². The first kappa shape index (κ1) is 13.8. The van der Waals surface area contributed by atoms with Crippen LogP contribution >= 0.6 is 0 Å². The predicted octanol–water partition coefficient (Wildman–Crippen LogP) is 2.92. The summed E-state index contributed by atoms with van der Waals surface area (Å²) in [6, 6.07) is 4.81. The number of esters is 1. The van der Waals surface area contributed by atoms with Gasteiger partial charge in [-0.05, 0) is 18.2 Å². The Hall–Kier alpha value is -2.31. The fraction of sp³-hybridized carbons (Fsp3) is 0.182. The van der Waals surface area contributed by atoms with E-state index >= 15 is 0 Å². The third kappa shape index (κ3) is 4.28. The average molecular weight is 257 g/mol. The molecule has 0 radical (unpaired) electrons. The minimum Gasteiger partial charge on any atom is -0.462 e. The van der Waals surface area contributed by atoms with Crippen molar-refractivity contribution in [2.45, 2.75) is 6.42 Å². The number of nitrogens with zero attached hydrogens (tertiary/aromatic N) is 1. The SMILES string of the molecule is O=C(OCCC=C(F)F)c1ccc([N+](=O)[O-])cc1. The van der Waals surface area contributed by atoms with Crippen LogP contribution in [0.1, 0.15) is 16.8 Å². The van der Waals surface area contributed by atoms with Gasteiger partial charge in [-0.3, -0.25) is 10.1 Å². The largest absolute Gasteiger partial charge is 0.462 e. The molecule has 0 unspecified atom stereocenters. The van der Waals surface area contributed by atoms with Crippen molar-refractivity contribution in [2.24, 2.45) is 0 Å². The molecule has 5 nitrogen and oxygen atoms in total. The van der Waals surface area contributed by atoms with E-state index in [4.69, 9.17) is 4.74 Å². The van der Waals surface area contributed by atoms with Crippen molar-refractivity contribution < 1.29 is 23.2 Å². The van der Waals surface area contributed by atoms with Crippen molar-refractivity contribution in [3.05, 3.63) is 52.1 Å². The second-order valence-electron chi connectivity index (χ2n) is 3.22. The molecule has 0 saturated carbocycles. The summed E-state index contributed by atoms with van der Waals surface area (Å²) < 4.78 is 28.0. The second kappa shape index (κ2) is 6.43. The number of nitro benzene ring substituents is 1. The topological polar surface area (TPSA) is 69.4 Å². The molecule has 0 aliphatic heterocycles. The fourth-order valence-electron chi connectivity index (χ4n) is 1.12. The number of hydrogen-bond donors (Lipinski definition) is 0. The molecule has 96 valence electrons. The Morgan fingerprint density at radius 1 is 1.33 bits per heavy atom. The number of non-ortho nitro benzene ring substituents is 1. The highest BCUT2D eigenvalue weighted by Gasteiger charge is 2.10. The Morgan fingerprint density at radius 3 is 2.44 bits per heavy atom. The van der Waals surface area contributed by atoms with Crippen LogP contribution in [0.2, 0.25) is 0 Å². The minimum absolute atomic E-state index is 0.0823. The third-order valence-electron chi connectivity index (χ3n) is 1.96. The first-order valence-corrected chi connectivity index (χ1v) is 4.93. The van der Waals surface area contributed by atoms with Crippen molar-refractivity contribution >= 4 is 11.7 Å². The monoisotopic (exact) mass is 257 g/mol. The van der Waals surface area contributed by atoms with Crippen molar-refractivity contribution in [2.75, 3.05) is 6.61 Å². The molecule has 0 aliphatic carbocycles. The van der Waals surface area contributed by atoms with E-state index in [0.717, 1.165) is 12.1 Å². The summed E-state index contributed by atoms with van der Waals surface area (Å²) in [7, 11) is 0. The van der Waals surface area contributed by atoms with Crippen molar-refractivity contribution in [1.29, 1.82) is 0 Å². The van der Waals surface area contributed by atoms with Gasteiger partial charge >= 0.3 is 5.97 Å². The third-order valence-corrected chi connectivity index (χ3v) is 1.96. The molecule has 0 aliphatic rings. The van der Waals surface area contributed by atoms with Gasteiger partial charge in [0.2, 0.25) is 0 Å². The maximum absolute atomic E-state index is 11.7. The van der Waals surface area contributed by atoms with Crippen LogP contribution in [0.25, 0.3) is 0 Å². The zero-order valence-corrected chi connectivity index (χ0v) is 9.14. The predicted molar refractivity (Wildman–Crippen MR) is 58.3 cm³/mol. The highest BCUT2D eigenvalue weighted by molar-refractivity contribution is 5.89. The maximum Gasteiger partial charge on any atom is 0.338 e. The number of nitro groups is 1. The molecule has 0 atom stereocenters. The molecule has 7 heteroatoms. The molecule has 0 fully saturated rings. The van der Waals surface area contributed by atoms with Gasteiger partial charge < -0.3 is 4.74 Å². The Bertz CT molecular complexity index is 466. The van der Waals surface area contributed by atoms with E-state index in [-0.39, 0.29) is 24.3 Å². The fourth-order valence-corrected chi connectivity index (χ4v) is 1.12. The second-order valence-corrected chi connectivity index (χ2v) is 3.22. The van der Waals surface area contributed by atoms with Gasteiger partial charge in [0.05, 0.1) is 17.1 Å². The Labute approximate surface area is 101 Å². The van der Waals surface area contributed by atoms with Gasteiger partial charge in [-0.2, -0.15) is 8.78 Å². The molecule has 0 aromatic heterocycles. The highest BCUT2D eigenvalue weighted by atomic mass is 19.3. The van der Waals surface area contributed by atoms with Gasteiger partial charge in [0.1, 0.15) is 0 Å². The number of carbonyl (C=O) groups excluding carboxylic acids is 1. The molecule has 18 heavy (non-hydrogen) atoms. The summed E-state index contributed by atoms with van der Waals surface area (Å²) in [5.41, 5.74) is -0.0146. The lowest BCUT2D eigenvalue weighted by molar-refractivity contribution is -0.384. The van der Waals surface area contributed by atoms with E-state index in [0.29, 0.717) is 6.08 Å². The highest BCUT2D eigenvalue weighted by Crippen LogP contribution is 2.12. The van der Waals surface area contributed by atoms with Gasteiger partial charge in [0.15, 0.2) is 0 Å². The summed E-state index contributed by atoms with van der Waals surface area (Å²) in [6.45, 7) is -0.173. The molecule has 0 N–H and O–H groups in total. The first-order chi connectivity index (χ1) is 8.50. The minimum atomic E-state index is -1.83. The lowest BCUT2D eigenvalue weighted by Crippen LogP contribution is -2.06. The lowest BCUT2D eigenvalue weighted by Gasteiger charge is -2.02. The van der Waals surface area contributed by atoms with E-state index in [1.807, 2.05) is 0 Å². The molecule has 0 saturated heterocycles. The van der Waals surface area contributed by atoms with Crippen LogP contribution in [0, 0.1) is 10.1 Å². The van der Waals surface area contributed by atoms with Gasteiger partial charge in [0, 0.05) is 18.6 Å². The molecule has 0 amide bonds. The molecule has 0 spiro atoms. The van der Waals surface area contributed by atoms with Crippen molar-refractivity contribution in [3.8, 4) is 0 Å². The summed E-state index contributed by atoms with van der Waals surface area (Å²) in [5, 5.41) is 10.4. The van der Waals surface area contributed by atoms with Crippen LogP contribution in [0.4, 0.5) is 14.5 Å². The van der Waals surface area contributed by atoms with Gasteiger partial charge in [-0.1, -0.05) is 0 Å². The number of hydrogen-bond acceptors (Lipinski definition) is 4. The molecular formula is C11H9F2NO4. The van der Waals surface area contributed by atoms with E-state index in [2.05, 4.69) is 0 Å². The number of ether oxygens (including phenoxy) is 1. The van der Waals surface area contributed by atoms with E-state index in [9.17, 15) is 23.7 Å². The normalized spacial score (nSPS) is 9.67. The first-order valence-electron chi connectivity index (χ1n) is 4.93. The maximum atomic E-state index is 11.7. The van der Waals surface area contributed by atoms with E-state index in [1.54, 1.807) is 0 Å². The summed E-state index contributed by atoms with van der Waals surface area (Å²) in [4.78, 5) is 21.1. The van der Waals surface area contributed by atoms with Crippen LogP contribution in [0.3, 0.4) is 0 Å². The zero-order chi connectivity index (χ0) is 13.5. The van der Waals surface area contributed by atoms with Crippen molar-refractivity contribution in [3.63, 3.8) is 0 Å². The van der Waals surface area contributed by atoms with Crippen LogP contribution < -0.4 is 0 Å². The molecule has 1 rings (SSSR count). The zero-order valence-electron chi connectivity index (χ0n) is 9.14. The average Bonchev–Trinajstić information content (AvgIpc) is 2.34. The summed E-state index contributed by atoms with van der Waals surface area (Å²) in [6.07, 6.45) is -1.27. The van der Waals surface area contributed by atoms with Gasteiger partial charge in [-0.15, -0.1) is 0 Å². The number of carbonyl (C=O) groups is 1. The van der Waals surface area contributed by atoms with Gasteiger partial charge in [0.25, 0.3) is 11.8 Å². The van der Waals surface area contributed by atoms with Crippen molar-refractivity contribution in [1.82, 2.24) is 0 Å². The number of rotatable bonds is 5. The number of halogens is 2. The van der Waals surface area contributed by atoms with E-state index in [1.165, 1.54) is 12.1 Å². The molecule has 0 bridgehead atoms. The summed E-state index contributed by atoms with van der Waals surface area (Å²) in [5.74, 6) is -0.711. The van der Waals surface area contributed by atoms with Gasteiger partial charge in [-0.25, -0.2) is 4.79 Å². The molecule has 0 heterocycles. The number of benzene rings is 1. The quantitative estimate of drug-likeness (QED) is 0.352. The Morgan fingerprint density at radius 2 is 1.94 bits per heavy atom. The van der Waals surface area contributed by atoms with Crippen LogP contribution in [-0.4, -0.2) is 17.5 Å².